The molecule has 0 bridgehead atoms. The molecule has 0 aromatic heterocycles. The third kappa shape index (κ3) is 1.94. The molecule has 2 aliphatic rings. The molecule has 0 radical (unpaired) electrons. The van der Waals surface area contributed by atoms with Crippen LogP contribution in [0.25, 0.3) is 0 Å². The van der Waals surface area contributed by atoms with Crippen molar-refractivity contribution < 1.29 is 5.11 Å². The Morgan fingerprint density at radius 2 is 2.09 bits per heavy atom. The summed E-state index contributed by atoms with van der Waals surface area (Å²) in [6.45, 7) is 1.95. The molecule has 2 heteroatoms. The second-order valence-electron chi connectivity index (χ2n) is 4.15. The third-order valence-corrected chi connectivity index (χ3v) is 2.87. The van der Waals surface area contributed by atoms with Crippen molar-refractivity contribution in [3.63, 3.8) is 0 Å². The minimum atomic E-state index is -0.325. The zero-order valence-electron chi connectivity index (χ0n) is 6.97. The van der Waals surface area contributed by atoms with E-state index in [1.807, 2.05) is 0 Å². The first-order valence-electron chi connectivity index (χ1n) is 4.72. The monoisotopic (exact) mass is 155 g/mol. The maximum Gasteiger partial charge on any atom is 0.0771 e. The van der Waals surface area contributed by atoms with E-state index in [9.17, 15) is 5.11 Å². The standard InChI is InChI=1S/C9H17NO/c11-9(4-1-5-9)7-10-6-8-2-3-8/h8,10-11H,1-7H2. The third-order valence-electron chi connectivity index (χ3n) is 2.87. The van der Waals surface area contributed by atoms with E-state index >= 15 is 0 Å². The molecule has 0 spiro atoms. The summed E-state index contributed by atoms with van der Waals surface area (Å²) < 4.78 is 0. The molecule has 64 valence electrons. The van der Waals surface area contributed by atoms with Gasteiger partial charge in [-0.05, 0) is 44.6 Å². The average molecular weight is 155 g/mol. The zero-order valence-corrected chi connectivity index (χ0v) is 6.97. The van der Waals surface area contributed by atoms with Crippen LogP contribution in [0, 0.1) is 5.92 Å². The van der Waals surface area contributed by atoms with Crippen LogP contribution in [0.1, 0.15) is 32.1 Å². The summed E-state index contributed by atoms with van der Waals surface area (Å²) in [5, 5.41) is 13.0. The van der Waals surface area contributed by atoms with Gasteiger partial charge in [-0.3, -0.25) is 0 Å². The Hall–Kier alpha value is -0.0800. The predicted octanol–water partition coefficient (Wildman–Crippen LogP) is 0.901. The molecule has 11 heavy (non-hydrogen) atoms. The first-order valence-corrected chi connectivity index (χ1v) is 4.72. The molecule has 0 aromatic carbocycles. The van der Waals surface area contributed by atoms with Gasteiger partial charge in [0.2, 0.25) is 0 Å². The highest BCUT2D eigenvalue weighted by molar-refractivity contribution is 4.90. The highest BCUT2D eigenvalue weighted by Gasteiger charge is 2.34. The molecule has 0 amide bonds. The molecule has 0 unspecified atom stereocenters. The van der Waals surface area contributed by atoms with Gasteiger partial charge in [-0.25, -0.2) is 0 Å². The topological polar surface area (TPSA) is 32.3 Å². The summed E-state index contributed by atoms with van der Waals surface area (Å²) in [5.74, 6) is 0.929. The van der Waals surface area contributed by atoms with E-state index in [0.29, 0.717) is 0 Å². The van der Waals surface area contributed by atoms with Crippen molar-refractivity contribution in [2.45, 2.75) is 37.7 Å². The summed E-state index contributed by atoms with van der Waals surface area (Å²) >= 11 is 0. The van der Waals surface area contributed by atoms with Gasteiger partial charge in [0, 0.05) is 6.54 Å². The van der Waals surface area contributed by atoms with Crippen molar-refractivity contribution in [2.75, 3.05) is 13.1 Å². The molecular weight excluding hydrogens is 138 g/mol. The summed E-state index contributed by atoms with van der Waals surface area (Å²) in [7, 11) is 0. The summed E-state index contributed by atoms with van der Waals surface area (Å²) in [6.07, 6.45) is 6.01. The molecule has 0 aliphatic heterocycles. The number of hydrogen-bond acceptors (Lipinski definition) is 2. The molecule has 2 nitrogen and oxygen atoms in total. The molecule has 2 N–H and O–H groups in total. The van der Waals surface area contributed by atoms with Gasteiger partial charge in [-0.15, -0.1) is 0 Å². The van der Waals surface area contributed by atoms with Crippen molar-refractivity contribution >= 4 is 0 Å². The Bertz CT molecular complexity index is 138. The Kier molecular flexibility index (Phi) is 1.90. The zero-order chi connectivity index (χ0) is 7.73. The number of aliphatic hydroxyl groups is 1. The van der Waals surface area contributed by atoms with Crippen LogP contribution in [0.5, 0.6) is 0 Å². The summed E-state index contributed by atoms with van der Waals surface area (Å²) in [6, 6.07) is 0. The Morgan fingerprint density at radius 1 is 1.36 bits per heavy atom. The van der Waals surface area contributed by atoms with Crippen LogP contribution in [0.15, 0.2) is 0 Å². The van der Waals surface area contributed by atoms with Crippen LogP contribution in [0.4, 0.5) is 0 Å². The van der Waals surface area contributed by atoms with Gasteiger partial charge in [0.15, 0.2) is 0 Å². The highest BCUT2D eigenvalue weighted by Crippen LogP contribution is 2.31. The fourth-order valence-corrected chi connectivity index (χ4v) is 1.59. The van der Waals surface area contributed by atoms with E-state index in [-0.39, 0.29) is 5.60 Å². The maximum atomic E-state index is 9.68. The lowest BCUT2D eigenvalue weighted by Crippen LogP contribution is -2.46. The van der Waals surface area contributed by atoms with Crippen LogP contribution in [0.2, 0.25) is 0 Å². The lowest BCUT2D eigenvalue weighted by Gasteiger charge is -2.36. The Morgan fingerprint density at radius 3 is 2.55 bits per heavy atom. The first-order chi connectivity index (χ1) is 5.29. The largest absolute Gasteiger partial charge is 0.389 e. The van der Waals surface area contributed by atoms with Crippen molar-refractivity contribution in [3.05, 3.63) is 0 Å². The fourth-order valence-electron chi connectivity index (χ4n) is 1.59. The van der Waals surface area contributed by atoms with Crippen LogP contribution < -0.4 is 5.32 Å². The number of rotatable bonds is 4. The molecule has 2 rings (SSSR count). The van der Waals surface area contributed by atoms with Crippen LogP contribution >= 0.6 is 0 Å². The second kappa shape index (κ2) is 2.76. The van der Waals surface area contributed by atoms with Crippen molar-refractivity contribution in [1.29, 1.82) is 0 Å². The van der Waals surface area contributed by atoms with Gasteiger partial charge in [0.25, 0.3) is 0 Å². The van der Waals surface area contributed by atoms with E-state index < -0.39 is 0 Å². The van der Waals surface area contributed by atoms with Gasteiger partial charge in [-0.2, -0.15) is 0 Å². The summed E-state index contributed by atoms with van der Waals surface area (Å²) in [4.78, 5) is 0. The molecule has 2 saturated carbocycles. The molecule has 0 atom stereocenters. The minimum Gasteiger partial charge on any atom is -0.389 e. The molecular formula is C9H17NO. The molecule has 2 aliphatic carbocycles. The quantitative estimate of drug-likeness (QED) is 0.632. The van der Waals surface area contributed by atoms with Gasteiger partial charge in [-0.1, -0.05) is 0 Å². The molecule has 0 saturated heterocycles. The van der Waals surface area contributed by atoms with E-state index in [0.717, 1.165) is 31.8 Å². The Labute approximate surface area is 68.0 Å². The highest BCUT2D eigenvalue weighted by atomic mass is 16.3. The first kappa shape index (κ1) is 7.56. The number of nitrogens with one attached hydrogen (secondary N) is 1. The van der Waals surface area contributed by atoms with Gasteiger partial charge < -0.3 is 10.4 Å². The molecule has 0 aromatic rings. The smallest absolute Gasteiger partial charge is 0.0771 e. The average Bonchev–Trinajstić information content (AvgIpc) is 2.68. The van der Waals surface area contributed by atoms with Crippen molar-refractivity contribution in [2.24, 2.45) is 5.92 Å². The summed E-state index contributed by atoms with van der Waals surface area (Å²) in [5.41, 5.74) is -0.325. The molecule has 0 heterocycles. The SMILES string of the molecule is OC1(CNCC2CC2)CCC1. The van der Waals surface area contributed by atoms with E-state index in [1.54, 1.807) is 0 Å². The van der Waals surface area contributed by atoms with Crippen LogP contribution in [-0.4, -0.2) is 23.8 Å². The van der Waals surface area contributed by atoms with Crippen molar-refractivity contribution in [3.8, 4) is 0 Å². The maximum absolute atomic E-state index is 9.68. The van der Waals surface area contributed by atoms with Gasteiger partial charge in [0.05, 0.1) is 5.60 Å². The Balaban J connectivity index is 1.57. The minimum absolute atomic E-state index is 0.325. The lowest BCUT2D eigenvalue weighted by molar-refractivity contribution is -0.0312. The van der Waals surface area contributed by atoms with E-state index in [2.05, 4.69) is 5.32 Å². The second-order valence-corrected chi connectivity index (χ2v) is 4.15. The van der Waals surface area contributed by atoms with Crippen LogP contribution in [0.3, 0.4) is 0 Å². The predicted molar refractivity (Wildman–Crippen MR) is 44.4 cm³/mol. The van der Waals surface area contributed by atoms with Crippen LogP contribution in [-0.2, 0) is 0 Å². The molecule has 2 fully saturated rings. The van der Waals surface area contributed by atoms with E-state index in [1.165, 1.54) is 19.3 Å². The van der Waals surface area contributed by atoms with Gasteiger partial charge >= 0.3 is 0 Å². The lowest BCUT2D eigenvalue weighted by atomic mass is 9.80. The van der Waals surface area contributed by atoms with Gasteiger partial charge in [0.1, 0.15) is 0 Å². The fraction of sp³-hybridized carbons (Fsp3) is 1.00. The number of hydrogen-bond donors (Lipinski definition) is 2. The van der Waals surface area contributed by atoms with E-state index in [4.69, 9.17) is 0 Å². The van der Waals surface area contributed by atoms with Crippen molar-refractivity contribution in [1.82, 2.24) is 5.32 Å². The normalized spacial score (nSPS) is 28.1.